The Labute approximate surface area is 212 Å². The van der Waals surface area contributed by atoms with Crippen LogP contribution in [0.3, 0.4) is 0 Å². The van der Waals surface area contributed by atoms with E-state index < -0.39 is 6.36 Å². The highest BCUT2D eigenvalue weighted by atomic mass is 19.4. The molecule has 37 heavy (non-hydrogen) atoms. The number of nitrogens with zero attached hydrogens (tertiary/aromatic N) is 2. The molecule has 2 heterocycles. The van der Waals surface area contributed by atoms with E-state index in [1.54, 1.807) is 12.3 Å². The Morgan fingerprint density at radius 3 is 2.59 bits per heavy atom. The van der Waals surface area contributed by atoms with E-state index in [4.69, 9.17) is 14.2 Å². The van der Waals surface area contributed by atoms with Crippen LogP contribution < -0.4 is 19.5 Å². The Hall–Kier alpha value is -3.63. The largest absolute Gasteiger partial charge is 0.573 e. The van der Waals surface area contributed by atoms with Crippen molar-refractivity contribution in [2.45, 2.75) is 25.7 Å². The van der Waals surface area contributed by atoms with Crippen LogP contribution in [0.1, 0.15) is 18.4 Å². The number of nitrogens with one attached hydrogen (secondary N) is 1. The van der Waals surface area contributed by atoms with Crippen molar-refractivity contribution >= 4 is 21.7 Å². The zero-order valence-electron chi connectivity index (χ0n) is 20.4. The van der Waals surface area contributed by atoms with Gasteiger partial charge in [-0.2, -0.15) is 0 Å². The van der Waals surface area contributed by atoms with Crippen molar-refractivity contribution in [1.29, 1.82) is 0 Å². The second-order valence-corrected chi connectivity index (χ2v) is 8.23. The van der Waals surface area contributed by atoms with E-state index in [9.17, 15) is 13.2 Å². The molecule has 0 unspecified atom stereocenters. The summed E-state index contributed by atoms with van der Waals surface area (Å²) in [5.41, 5.74) is 1.65. The minimum Gasteiger partial charge on any atom is -0.493 e. The maximum absolute atomic E-state index is 12.5. The summed E-state index contributed by atoms with van der Waals surface area (Å²) in [6, 6.07) is 14.2. The number of methoxy groups -OCH3 is 1. The lowest BCUT2D eigenvalue weighted by Crippen LogP contribution is -2.18. The molecule has 2 aromatic carbocycles. The van der Waals surface area contributed by atoms with Crippen LogP contribution >= 0.6 is 0 Å². The molecule has 10 heteroatoms. The van der Waals surface area contributed by atoms with Crippen molar-refractivity contribution in [1.82, 2.24) is 15.3 Å². The Kier molecular flexibility index (Phi) is 8.97. The van der Waals surface area contributed by atoms with Gasteiger partial charge in [0.1, 0.15) is 6.61 Å². The molecule has 0 atom stereocenters. The molecule has 0 aliphatic carbocycles. The number of pyridine rings is 2. The second-order valence-electron chi connectivity index (χ2n) is 8.23. The van der Waals surface area contributed by atoms with Gasteiger partial charge >= 0.3 is 6.36 Å². The van der Waals surface area contributed by atoms with Gasteiger partial charge in [-0.05, 0) is 49.2 Å². The van der Waals surface area contributed by atoms with Crippen LogP contribution in [0.4, 0.5) is 13.2 Å². The van der Waals surface area contributed by atoms with Gasteiger partial charge in [0.05, 0.1) is 19.2 Å². The van der Waals surface area contributed by atoms with Gasteiger partial charge in [-0.3, -0.25) is 4.98 Å². The number of para-hydroxylation sites is 1. The zero-order chi connectivity index (χ0) is 26.1. The quantitative estimate of drug-likeness (QED) is 0.182. The van der Waals surface area contributed by atoms with Crippen molar-refractivity contribution < 1.29 is 32.1 Å². The summed E-state index contributed by atoms with van der Waals surface area (Å²) in [6.07, 6.45) is 0.532. The average Bonchev–Trinajstić information content (AvgIpc) is 2.89. The number of benzene rings is 2. The van der Waals surface area contributed by atoms with Gasteiger partial charge in [0.15, 0.2) is 11.5 Å². The lowest BCUT2D eigenvalue weighted by atomic mass is 10.1. The number of ether oxygens (including phenoxy) is 4. The Bertz CT molecular complexity index is 1320. The molecule has 7 nitrogen and oxygen atoms in total. The van der Waals surface area contributed by atoms with Gasteiger partial charge in [0, 0.05) is 41.7 Å². The van der Waals surface area contributed by atoms with Crippen LogP contribution in [-0.2, 0) is 11.3 Å². The SMILES string of the molecule is COc1cc(CNCCCCOCCOc2nc3ccccc3c3cnccc23)ccc1OC(F)(F)F. The van der Waals surface area contributed by atoms with Crippen molar-refractivity contribution in [2.75, 3.05) is 33.5 Å². The van der Waals surface area contributed by atoms with Crippen LogP contribution in [0.2, 0.25) is 0 Å². The summed E-state index contributed by atoms with van der Waals surface area (Å²) < 4.78 is 57.9. The molecule has 0 spiro atoms. The lowest BCUT2D eigenvalue weighted by Gasteiger charge is -2.14. The fourth-order valence-electron chi connectivity index (χ4n) is 3.89. The molecule has 196 valence electrons. The minimum atomic E-state index is -4.76. The third-order valence-corrected chi connectivity index (χ3v) is 5.61. The molecular formula is C27H28F3N3O4. The minimum absolute atomic E-state index is 0.0378. The third-order valence-electron chi connectivity index (χ3n) is 5.61. The number of alkyl halides is 3. The number of unbranched alkanes of at least 4 members (excludes halogenated alkanes) is 1. The molecule has 0 saturated heterocycles. The zero-order valence-corrected chi connectivity index (χ0v) is 20.4. The summed E-state index contributed by atoms with van der Waals surface area (Å²) in [5.74, 6) is 0.246. The van der Waals surface area contributed by atoms with Crippen LogP contribution in [0.25, 0.3) is 21.7 Å². The van der Waals surface area contributed by atoms with Crippen molar-refractivity contribution in [3.63, 3.8) is 0 Å². The first-order valence-corrected chi connectivity index (χ1v) is 11.9. The standard InChI is InChI=1S/C27H28F3N3O4/c1-34-25-16-19(8-9-24(25)37-27(28,29)30)17-31-11-4-5-13-35-14-15-36-26-21-10-12-32-18-22(21)20-6-2-3-7-23(20)33-26/h2-3,6-10,12,16,18,31H,4-5,11,13-15,17H2,1H3. The molecule has 0 radical (unpaired) electrons. The highest BCUT2D eigenvalue weighted by molar-refractivity contribution is 6.07. The first kappa shape index (κ1) is 26.4. The Balaban J connectivity index is 1.13. The Morgan fingerprint density at radius 1 is 0.892 bits per heavy atom. The van der Waals surface area contributed by atoms with Gasteiger partial charge in [-0.15, -0.1) is 13.2 Å². The number of halogens is 3. The predicted molar refractivity (Wildman–Crippen MR) is 134 cm³/mol. The summed E-state index contributed by atoms with van der Waals surface area (Å²) >= 11 is 0. The van der Waals surface area contributed by atoms with Crippen molar-refractivity contribution in [3.8, 4) is 17.4 Å². The number of hydrogen-bond donors (Lipinski definition) is 1. The van der Waals surface area contributed by atoms with E-state index in [2.05, 4.69) is 20.0 Å². The van der Waals surface area contributed by atoms with E-state index in [0.29, 0.717) is 32.2 Å². The van der Waals surface area contributed by atoms with E-state index in [1.165, 1.54) is 19.2 Å². The summed E-state index contributed by atoms with van der Waals surface area (Å²) in [7, 11) is 1.30. The number of hydrogen-bond acceptors (Lipinski definition) is 7. The topological polar surface area (TPSA) is 74.7 Å². The fraction of sp³-hybridized carbons (Fsp3) is 0.333. The molecule has 0 aliphatic heterocycles. The van der Waals surface area contributed by atoms with Crippen LogP contribution in [0.15, 0.2) is 60.9 Å². The molecule has 4 aromatic rings. The number of rotatable bonds is 13. The smallest absolute Gasteiger partial charge is 0.493 e. The van der Waals surface area contributed by atoms with Gasteiger partial charge in [0.25, 0.3) is 0 Å². The predicted octanol–water partition coefficient (Wildman–Crippen LogP) is 5.66. The second kappa shape index (κ2) is 12.6. The fourth-order valence-corrected chi connectivity index (χ4v) is 3.89. The van der Waals surface area contributed by atoms with Gasteiger partial charge in [0.2, 0.25) is 5.88 Å². The van der Waals surface area contributed by atoms with Crippen LogP contribution in [0.5, 0.6) is 17.4 Å². The van der Waals surface area contributed by atoms with Gasteiger partial charge in [-0.1, -0.05) is 24.3 Å². The molecular weight excluding hydrogens is 487 g/mol. The highest BCUT2D eigenvalue weighted by Gasteiger charge is 2.32. The molecule has 1 N–H and O–H groups in total. The summed E-state index contributed by atoms with van der Waals surface area (Å²) in [4.78, 5) is 8.88. The van der Waals surface area contributed by atoms with Crippen LogP contribution in [-0.4, -0.2) is 49.8 Å². The molecule has 0 saturated carbocycles. The maximum Gasteiger partial charge on any atom is 0.573 e. The monoisotopic (exact) mass is 515 g/mol. The summed E-state index contributed by atoms with van der Waals surface area (Å²) in [5, 5.41) is 6.22. The first-order chi connectivity index (χ1) is 17.9. The molecule has 0 fully saturated rings. The van der Waals surface area contributed by atoms with E-state index in [1.807, 2.05) is 36.5 Å². The Morgan fingerprint density at radius 2 is 1.76 bits per heavy atom. The average molecular weight is 516 g/mol. The maximum atomic E-state index is 12.5. The van der Waals surface area contributed by atoms with Crippen molar-refractivity contribution in [2.24, 2.45) is 0 Å². The first-order valence-electron chi connectivity index (χ1n) is 11.9. The molecule has 0 bridgehead atoms. The normalized spacial score (nSPS) is 11.7. The van der Waals surface area contributed by atoms with Gasteiger partial charge < -0.3 is 24.3 Å². The number of fused-ring (bicyclic) bond motifs is 3. The molecule has 2 aromatic heterocycles. The van der Waals surface area contributed by atoms with Crippen molar-refractivity contribution in [3.05, 3.63) is 66.5 Å². The van der Waals surface area contributed by atoms with E-state index in [-0.39, 0.29) is 11.5 Å². The van der Waals surface area contributed by atoms with E-state index >= 15 is 0 Å². The molecule has 0 aliphatic rings. The van der Waals surface area contributed by atoms with Gasteiger partial charge in [-0.25, -0.2) is 4.98 Å². The number of aromatic nitrogens is 2. The summed E-state index contributed by atoms with van der Waals surface area (Å²) in [6.45, 7) is 2.67. The van der Waals surface area contributed by atoms with Crippen LogP contribution in [0, 0.1) is 0 Å². The highest BCUT2D eigenvalue weighted by Crippen LogP contribution is 2.33. The van der Waals surface area contributed by atoms with E-state index in [0.717, 1.165) is 46.6 Å². The third kappa shape index (κ3) is 7.43. The molecule has 0 amide bonds. The lowest BCUT2D eigenvalue weighted by molar-refractivity contribution is -0.275. The molecule has 4 rings (SSSR count).